The molecule has 1 fully saturated rings. The van der Waals surface area contributed by atoms with Crippen molar-refractivity contribution in [2.24, 2.45) is 0 Å². The summed E-state index contributed by atoms with van der Waals surface area (Å²) in [5.74, 6) is 0. The highest BCUT2D eigenvalue weighted by Gasteiger charge is 2.20. The third kappa shape index (κ3) is 8.96. The second-order valence-electron chi connectivity index (χ2n) is 7.06. The minimum atomic E-state index is 0.885. The van der Waals surface area contributed by atoms with Crippen LogP contribution in [0, 0.1) is 0 Å². The van der Waals surface area contributed by atoms with Crippen molar-refractivity contribution in [1.82, 2.24) is 20.4 Å². The van der Waals surface area contributed by atoms with E-state index in [0.717, 1.165) is 62.3 Å². The molecule has 0 aromatic heterocycles. The number of hydrogen-bond acceptors (Lipinski definition) is 2. The Kier molecular flexibility index (Phi) is 10.5. The largest absolute Gasteiger partial charge is 0.362 e. The molecule has 4 N–H and O–H groups in total. The number of piperazine rings is 1. The molecule has 0 bridgehead atoms. The zero-order valence-corrected chi connectivity index (χ0v) is 17.4. The Labute approximate surface area is 158 Å². The lowest BCUT2D eigenvalue weighted by Crippen LogP contribution is -3.05. The molecule has 24 heavy (non-hydrogen) atoms. The summed E-state index contributed by atoms with van der Waals surface area (Å²) in [6.07, 6.45) is 2.29. The summed E-state index contributed by atoms with van der Waals surface area (Å²) in [5.41, 5.74) is 0. The second-order valence-corrected chi connectivity index (χ2v) is 7.83. The van der Waals surface area contributed by atoms with Gasteiger partial charge in [0.25, 0.3) is 0 Å². The van der Waals surface area contributed by atoms with Crippen LogP contribution in [0.4, 0.5) is 0 Å². The lowest BCUT2D eigenvalue weighted by atomic mass is 10.3. The van der Waals surface area contributed by atoms with Gasteiger partial charge in [-0.25, -0.2) is 0 Å². The highest BCUT2D eigenvalue weighted by molar-refractivity contribution is 7.80. The molecule has 0 amide bonds. The minimum absolute atomic E-state index is 0.885. The molecule has 8 heteroatoms. The van der Waals surface area contributed by atoms with Gasteiger partial charge in [0.15, 0.2) is 10.2 Å². The summed E-state index contributed by atoms with van der Waals surface area (Å²) < 4.78 is 0. The quantitative estimate of drug-likeness (QED) is 0.276. The maximum absolute atomic E-state index is 5.51. The van der Waals surface area contributed by atoms with E-state index in [1.54, 1.807) is 0 Å². The summed E-state index contributed by atoms with van der Waals surface area (Å²) in [7, 11) is 8.71. The zero-order valence-electron chi connectivity index (χ0n) is 15.8. The van der Waals surface area contributed by atoms with Gasteiger partial charge in [-0.15, -0.1) is 0 Å². The topological polar surface area (TPSA) is 39.4 Å². The van der Waals surface area contributed by atoms with Crippen LogP contribution < -0.4 is 20.4 Å². The molecule has 0 atom stereocenters. The number of hydrogen-bond donors (Lipinski definition) is 4. The number of nitrogens with one attached hydrogen (secondary N) is 4. The molecule has 0 radical (unpaired) electrons. The fourth-order valence-corrected chi connectivity index (χ4v) is 3.18. The fraction of sp³-hybridized carbons (Fsp3) is 0.875. The molecule has 1 heterocycles. The van der Waals surface area contributed by atoms with Crippen LogP contribution in [0.2, 0.25) is 0 Å². The third-order valence-corrected chi connectivity index (χ3v) is 4.92. The van der Waals surface area contributed by atoms with Gasteiger partial charge in [0, 0.05) is 52.1 Å². The van der Waals surface area contributed by atoms with E-state index in [9.17, 15) is 0 Å². The van der Waals surface area contributed by atoms with Crippen molar-refractivity contribution < 1.29 is 9.80 Å². The number of thiocarbonyl (C=S) groups is 2. The van der Waals surface area contributed by atoms with E-state index in [0.29, 0.717) is 0 Å². The number of rotatable bonds is 8. The first kappa shape index (κ1) is 21.3. The van der Waals surface area contributed by atoms with E-state index in [-0.39, 0.29) is 0 Å². The highest BCUT2D eigenvalue weighted by Crippen LogP contribution is 2.03. The SMILES string of the molecule is C[NH+](C)CCCNC(=S)N1CCN(C(=S)NCCC[NH+](C)C)CC1. The minimum Gasteiger partial charge on any atom is -0.362 e. The van der Waals surface area contributed by atoms with Crippen LogP contribution in [0.5, 0.6) is 0 Å². The molecular formula is C16H36N6S2+2. The van der Waals surface area contributed by atoms with Crippen LogP contribution in [0.3, 0.4) is 0 Å². The summed E-state index contributed by atoms with van der Waals surface area (Å²) in [6, 6.07) is 0. The molecule has 0 unspecified atom stereocenters. The highest BCUT2D eigenvalue weighted by atomic mass is 32.1. The maximum atomic E-state index is 5.51. The average molecular weight is 377 g/mol. The Morgan fingerprint density at radius 2 is 1.08 bits per heavy atom. The lowest BCUT2D eigenvalue weighted by Gasteiger charge is -2.37. The van der Waals surface area contributed by atoms with E-state index in [1.165, 1.54) is 22.9 Å². The molecule has 1 saturated heterocycles. The third-order valence-electron chi connectivity index (χ3n) is 4.11. The van der Waals surface area contributed by atoms with Crippen LogP contribution in [0.15, 0.2) is 0 Å². The molecule has 0 saturated carbocycles. The van der Waals surface area contributed by atoms with Gasteiger partial charge < -0.3 is 30.2 Å². The molecule has 0 spiro atoms. The van der Waals surface area contributed by atoms with Crippen LogP contribution in [0.25, 0.3) is 0 Å². The fourth-order valence-electron chi connectivity index (χ4n) is 2.61. The molecule has 1 rings (SSSR count). The van der Waals surface area contributed by atoms with Gasteiger partial charge >= 0.3 is 0 Å². The average Bonchev–Trinajstić information content (AvgIpc) is 2.55. The molecule has 0 aliphatic carbocycles. The smallest absolute Gasteiger partial charge is 0.169 e. The second kappa shape index (κ2) is 11.8. The van der Waals surface area contributed by atoms with Crippen molar-refractivity contribution in [3.63, 3.8) is 0 Å². The normalized spacial score (nSPS) is 15.1. The Morgan fingerprint density at radius 1 is 0.750 bits per heavy atom. The summed E-state index contributed by atoms with van der Waals surface area (Å²) in [5, 5.41) is 8.53. The van der Waals surface area contributed by atoms with Crippen molar-refractivity contribution in [1.29, 1.82) is 0 Å². The number of quaternary nitrogens is 2. The van der Waals surface area contributed by atoms with Crippen LogP contribution >= 0.6 is 24.4 Å². The summed E-state index contributed by atoms with van der Waals surface area (Å²) >= 11 is 11.0. The number of nitrogens with zero attached hydrogens (tertiary/aromatic N) is 2. The van der Waals surface area contributed by atoms with Gasteiger partial charge in [-0.05, 0) is 24.4 Å². The van der Waals surface area contributed by atoms with Crippen molar-refractivity contribution in [3.8, 4) is 0 Å². The van der Waals surface area contributed by atoms with Crippen LogP contribution in [-0.2, 0) is 0 Å². The Bertz CT molecular complexity index is 345. The molecule has 1 aliphatic rings. The maximum Gasteiger partial charge on any atom is 0.169 e. The predicted octanol–water partition coefficient (Wildman–Crippen LogP) is -2.58. The van der Waals surface area contributed by atoms with Gasteiger partial charge in [-0.2, -0.15) is 0 Å². The van der Waals surface area contributed by atoms with Crippen LogP contribution in [-0.4, -0.2) is 101 Å². The molecular weight excluding hydrogens is 340 g/mol. The van der Waals surface area contributed by atoms with E-state index < -0.39 is 0 Å². The predicted molar refractivity (Wildman–Crippen MR) is 109 cm³/mol. The molecule has 0 aromatic rings. The van der Waals surface area contributed by atoms with Gasteiger partial charge in [-0.3, -0.25) is 0 Å². The van der Waals surface area contributed by atoms with E-state index >= 15 is 0 Å². The first-order valence-corrected chi connectivity index (χ1v) is 9.85. The lowest BCUT2D eigenvalue weighted by molar-refractivity contribution is -0.858. The Morgan fingerprint density at radius 3 is 1.38 bits per heavy atom. The first-order valence-electron chi connectivity index (χ1n) is 9.03. The monoisotopic (exact) mass is 376 g/mol. The summed E-state index contributed by atoms with van der Waals surface area (Å²) in [4.78, 5) is 7.47. The summed E-state index contributed by atoms with van der Waals surface area (Å²) in [6.45, 7) is 8.00. The van der Waals surface area contributed by atoms with Crippen molar-refractivity contribution in [3.05, 3.63) is 0 Å². The molecule has 6 nitrogen and oxygen atoms in total. The van der Waals surface area contributed by atoms with Gasteiger partial charge in [-0.1, -0.05) is 0 Å². The van der Waals surface area contributed by atoms with E-state index in [4.69, 9.17) is 24.4 Å². The standard InChI is InChI=1S/C16H34N6S2/c1-19(2)9-5-7-17-15(23)21-11-13-22(14-12-21)16(24)18-8-6-10-20(3)4/h5-14H2,1-4H3,(H,17,23)(H,18,24)/p+2. The van der Waals surface area contributed by atoms with Crippen molar-refractivity contribution >= 4 is 34.7 Å². The van der Waals surface area contributed by atoms with Crippen molar-refractivity contribution in [2.75, 3.05) is 80.5 Å². The molecule has 1 aliphatic heterocycles. The van der Waals surface area contributed by atoms with Crippen molar-refractivity contribution in [2.45, 2.75) is 12.8 Å². The van der Waals surface area contributed by atoms with Crippen LogP contribution in [0.1, 0.15) is 12.8 Å². The van der Waals surface area contributed by atoms with Gasteiger partial charge in [0.05, 0.1) is 41.3 Å². The van der Waals surface area contributed by atoms with E-state index in [2.05, 4.69) is 48.6 Å². The van der Waals surface area contributed by atoms with Gasteiger partial charge in [0.1, 0.15) is 0 Å². The molecule has 0 aromatic carbocycles. The Hall–Kier alpha value is -0.700. The van der Waals surface area contributed by atoms with E-state index in [1.807, 2.05) is 0 Å². The zero-order chi connectivity index (χ0) is 17.9. The molecule has 140 valence electrons. The Balaban J connectivity index is 2.16. The first-order chi connectivity index (χ1) is 11.4. The van der Waals surface area contributed by atoms with Gasteiger partial charge in [0.2, 0.25) is 0 Å².